The van der Waals surface area contributed by atoms with Crippen LogP contribution in [0, 0.1) is 0 Å². The third-order valence-electron chi connectivity index (χ3n) is 1.25. The van der Waals surface area contributed by atoms with Crippen molar-refractivity contribution < 1.29 is 0 Å². The lowest BCUT2D eigenvalue weighted by Crippen LogP contribution is -2.26. The van der Waals surface area contributed by atoms with Crippen molar-refractivity contribution in [3.05, 3.63) is 23.4 Å². The molecule has 3 heteroatoms. The van der Waals surface area contributed by atoms with Crippen molar-refractivity contribution >= 4 is 17.4 Å². The van der Waals surface area contributed by atoms with Crippen molar-refractivity contribution in [2.24, 2.45) is 0 Å². The minimum Gasteiger partial charge on any atom is -0.364 e. The first-order valence-electron chi connectivity index (χ1n) is 3.88. The van der Waals surface area contributed by atoms with Gasteiger partial charge < -0.3 is 5.32 Å². The van der Waals surface area contributed by atoms with E-state index in [4.69, 9.17) is 11.6 Å². The zero-order chi connectivity index (χ0) is 9.19. The Balaban J connectivity index is 2.83. The Labute approximate surface area is 78.0 Å². The van der Waals surface area contributed by atoms with Crippen molar-refractivity contribution in [2.75, 3.05) is 5.32 Å². The standard InChI is InChI=1S/C9H13ClN2/c1-9(2,3)12-8-7(10)5-4-6-11-8/h4-6H,1-3H3,(H,11,12). The monoisotopic (exact) mass is 184 g/mol. The average molecular weight is 185 g/mol. The fraction of sp³-hybridized carbons (Fsp3) is 0.444. The molecule has 0 saturated carbocycles. The predicted octanol–water partition coefficient (Wildman–Crippen LogP) is 2.95. The van der Waals surface area contributed by atoms with Crippen LogP contribution in [0.15, 0.2) is 18.3 Å². The summed E-state index contributed by atoms with van der Waals surface area (Å²) in [4.78, 5) is 4.12. The van der Waals surface area contributed by atoms with Gasteiger partial charge in [0.05, 0.1) is 5.02 Å². The molecule has 0 bridgehead atoms. The number of aromatic nitrogens is 1. The van der Waals surface area contributed by atoms with Gasteiger partial charge in [-0.1, -0.05) is 11.6 Å². The van der Waals surface area contributed by atoms with E-state index in [0.717, 1.165) is 5.82 Å². The minimum atomic E-state index is -0.00199. The van der Waals surface area contributed by atoms with E-state index in [1.165, 1.54) is 0 Å². The Bertz CT molecular complexity index is 265. The van der Waals surface area contributed by atoms with Crippen molar-refractivity contribution in [3.63, 3.8) is 0 Å². The maximum absolute atomic E-state index is 5.91. The largest absolute Gasteiger partial charge is 0.364 e. The Hall–Kier alpha value is -0.760. The second-order valence-corrected chi connectivity index (χ2v) is 4.12. The number of hydrogen-bond donors (Lipinski definition) is 1. The number of pyridine rings is 1. The summed E-state index contributed by atoms with van der Waals surface area (Å²) in [6, 6.07) is 3.64. The van der Waals surface area contributed by atoms with Gasteiger partial charge in [-0.25, -0.2) is 4.98 Å². The first-order chi connectivity index (χ1) is 5.49. The molecule has 0 aliphatic rings. The summed E-state index contributed by atoms with van der Waals surface area (Å²) in [6.07, 6.45) is 1.72. The van der Waals surface area contributed by atoms with E-state index >= 15 is 0 Å². The fourth-order valence-electron chi connectivity index (χ4n) is 0.833. The molecule has 1 heterocycles. The van der Waals surface area contributed by atoms with E-state index in [2.05, 4.69) is 31.1 Å². The van der Waals surface area contributed by atoms with E-state index in [1.807, 2.05) is 12.1 Å². The second-order valence-electron chi connectivity index (χ2n) is 3.71. The van der Waals surface area contributed by atoms with Crippen molar-refractivity contribution in [1.82, 2.24) is 4.98 Å². The molecular formula is C9H13ClN2. The molecule has 2 nitrogen and oxygen atoms in total. The van der Waals surface area contributed by atoms with Crippen LogP contribution in [0.3, 0.4) is 0 Å². The van der Waals surface area contributed by atoms with E-state index in [1.54, 1.807) is 6.20 Å². The van der Waals surface area contributed by atoms with Gasteiger partial charge in [0.15, 0.2) is 0 Å². The predicted molar refractivity (Wildman–Crippen MR) is 52.6 cm³/mol. The molecule has 66 valence electrons. The number of rotatable bonds is 1. The molecule has 0 unspecified atom stereocenters. The van der Waals surface area contributed by atoms with Crippen LogP contribution in [0.25, 0.3) is 0 Å². The van der Waals surface area contributed by atoms with Crippen LogP contribution in [0.2, 0.25) is 5.02 Å². The van der Waals surface area contributed by atoms with Crippen LogP contribution in [0.5, 0.6) is 0 Å². The molecule has 0 fully saturated rings. The maximum atomic E-state index is 5.91. The summed E-state index contributed by atoms with van der Waals surface area (Å²) in [6.45, 7) is 6.20. The molecule has 1 aromatic rings. The summed E-state index contributed by atoms with van der Waals surface area (Å²) in [5, 5.41) is 3.87. The van der Waals surface area contributed by atoms with Crippen LogP contribution in [0.1, 0.15) is 20.8 Å². The summed E-state index contributed by atoms with van der Waals surface area (Å²) in [5.41, 5.74) is -0.00199. The van der Waals surface area contributed by atoms with Gasteiger partial charge >= 0.3 is 0 Å². The molecule has 1 rings (SSSR count). The Kier molecular flexibility index (Phi) is 2.58. The number of hydrogen-bond acceptors (Lipinski definition) is 2. The summed E-state index contributed by atoms with van der Waals surface area (Å²) in [7, 11) is 0. The van der Waals surface area contributed by atoms with Gasteiger partial charge in [-0.05, 0) is 32.9 Å². The molecule has 0 amide bonds. The minimum absolute atomic E-state index is 0.00199. The molecule has 0 spiro atoms. The van der Waals surface area contributed by atoms with E-state index in [0.29, 0.717) is 5.02 Å². The lowest BCUT2D eigenvalue weighted by molar-refractivity contribution is 0.630. The lowest BCUT2D eigenvalue weighted by Gasteiger charge is -2.21. The van der Waals surface area contributed by atoms with E-state index in [9.17, 15) is 0 Å². The molecule has 0 atom stereocenters. The second kappa shape index (κ2) is 3.31. The van der Waals surface area contributed by atoms with E-state index < -0.39 is 0 Å². The summed E-state index contributed by atoms with van der Waals surface area (Å²) >= 11 is 5.91. The third-order valence-corrected chi connectivity index (χ3v) is 1.56. The topological polar surface area (TPSA) is 24.9 Å². The molecule has 0 aromatic carbocycles. The SMILES string of the molecule is CC(C)(C)Nc1ncccc1Cl. The molecular weight excluding hydrogens is 172 g/mol. The number of nitrogens with zero attached hydrogens (tertiary/aromatic N) is 1. The van der Waals surface area contributed by atoms with Crippen LogP contribution in [-0.4, -0.2) is 10.5 Å². The lowest BCUT2D eigenvalue weighted by atomic mass is 10.1. The highest BCUT2D eigenvalue weighted by molar-refractivity contribution is 6.32. The molecule has 0 radical (unpaired) electrons. The molecule has 0 aliphatic carbocycles. The van der Waals surface area contributed by atoms with Crippen LogP contribution >= 0.6 is 11.6 Å². The quantitative estimate of drug-likeness (QED) is 0.726. The first-order valence-corrected chi connectivity index (χ1v) is 4.25. The molecule has 0 aliphatic heterocycles. The van der Waals surface area contributed by atoms with Gasteiger partial charge in [-0.2, -0.15) is 0 Å². The highest BCUT2D eigenvalue weighted by Gasteiger charge is 2.11. The molecule has 1 aromatic heterocycles. The normalized spacial score (nSPS) is 11.3. The molecule has 1 N–H and O–H groups in total. The van der Waals surface area contributed by atoms with Crippen LogP contribution in [0.4, 0.5) is 5.82 Å². The summed E-state index contributed by atoms with van der Waals surface area (Å²) in [5.74, 6) is 0.742. The first kappa shape index (κ1) is 9.33. The van der Waals surface area contributed by atoms with Crippen LogP contribution < -0.4 is 5.32 Å². The fourth-order valence-corrected chi connectivity index (χ4v) is 1.00. The van der Waals surface area contributed by atoms with Crippen molar-refractivity contribution in [1.29, 1.82) is 0 Å². The van der Waals surface area contributed by atoms with Crippen molar-refractivity contribution in [3.8, 4) is 0 Å². The smallest absolute Gasteiger partial charge is 0.145 e. The summed E-state index contributed by atoms with van der Waals surface area (Å²) < 4.78 is 0. The van der Waals surface area contributed by atoms with Gasteiger partial charge in [0.25, 0.3) is 0 Å². The zero-order valence-corrected chi connectivity index (χ0v) is 8.31. The number of anilines is 1. The Morgan fingerprint density at radius 3 is 2.58 bits per heavy atom. The Morgan fingerprint density at radius 1 is 1.42 bits per heavy atom. The highest BCUT2D eigenvalue weighted by atomic mass is 35.5. The van der Waals surface area contributed by atoms with E-state index in [-0.39, 0.29) is 5.54 Å². The molecule has 12 heavy (non-hydrogen) atoms. The van der Waals surface area contributed by atoms with Gasteiger partial charge in [-0.3, -0.25) is 0 Å². The van der Waals surface area contributed by atoms with Crippen LogP contribution in [-0.2, 0) is 0 Å². The highest BCUT2D eigenvalue weighted by Crippen LogP contribution is 2.20. The van der Waals surface area contributed by atoms with Gasteiger partial charge in [-0.15, -0.1) is 0 Å². The van der Waals surface area contributed by atoms with Crippen molar-refractivity contribution in [2.45, 2.75) is 26.3 Å². The molecule has 0 saturated heterocycles. The van der Waals surface area contributed by atoms with Gasteiger partial charge in [0.1, 0.15) is 5.82 Å². The zero-order valence-electron chi connectivity index (χ0n) is 7.56. The van der Waals surface area contributed by atoms with Gasteiger partial charge in [0, 0.05) is 11.7 Å². The average Bonchev–Trinajstić information content (AvgIpc) is 1.91. The number of halogens is 1. The maximum Gasteiger partial charge on any atom is 0.145 e. The Morgan fingerprint density at radius 2 is 2.08 bits per heavy atom. The third kappa shape index (κ3) is 2.70. The number of nitrogens with one attached hydrogen (secondary N) is 1. The van der Waals surface area contributed by atoms with Gasteiger partial charge in [0.2, 0.25) is 0 Å².